The standard InChI is InChI=1S/C22H22ClN3O2S/c23-16-9-6-14(7-10-16)13-26-21(28)18-11-8-15(12-19(18)25-22(26)29)20(27)24-17-4-2-1-3-5-17/h6-12,17-18H,1-5,13H2,(H,24,27). The lowest BCUT2D eigenvalue weighted by molar-refractivity contribution is -0.129. The Balaban J connectivity index is 1.48. The third-order valence-electron chi connectivity index (χ3n) is 5.53. The van der Waals surface area contributed by atoms with Crippen molar-refractivity contribution in [2.75, 3.05) is 0 Å². The molecule has 0 saturated heterocycles. The molecule has 1 heterocycles. The maximum atomic E-state index is 13.0. The maximum Gasteiger partial charge on any atom is 0.251 e. The highest BCUT2D eigenvalue weighted by Gasteiger charge is 2.35. The summed E-state index contributed by atoms with van der Waals surface area (Å²) >= 11 is 11.3. The van der Waals surface area contributed by atoms with Gasteiger partial charge in [-0.2, -0.15) is 0 Å². The highest BCUT2D eigenvalue weighted by Crippen LogP contribution is 2.25. The van der Waals surface area contributed by atoms with Crippen LogP contribution in [0, 0.1) is 5.92 Å². The van der Waals surface area contributed by atoms with Crippen LogP contribution in [-0.4, -0.2) is 33.6 Å². The van der Waals surface area contributed by atoms with E-state index in [9.17, 15) is 9.59 Å². The van der Waals surface area contributed by atoms with E-state index in [4.69, 9.17) is 23.8 Å². The van der Waals surface area contributed by atoms with Gasteiger partial charge in [-0.25, -0.2) is 4.99 Å². The van der Waals surface area contributed by atoms with E-state index in [1.165, 1.54) is 11.3 Å². The van der Waals surface area contributed by atoms with Gasteiger partial charge in [-0.15, -0.1) is 0 Å². The minimum Gasteiger partial charge on any atom is -0.349 e. The fourth-order valence-electron chi connectivity index (χ4n) is 3.91. The number of amides is 2. The first-order valence-electron chi connectivity index (χ1n) is 9.90. The molecule has 2 amide bonds. The minimum absolute atomic E-state index is 0.115. The summed E-state index contributed by atoms with van der Waals surface area (Å²) in [5.41, 5.74) is 1.97. The molecule has 150 valence electrons. The van der Waals surface area contributed by atoms with E-state index < -0.39 is 5.92 Å². The summed E-state index contributed by atoms with van der Waals surface area (Å²) in [5.74, 6) is -0.759. The molecule has 0 bridgehead atoms. The van der Waals surface area contributed by atoms with Gasteiger partial charge in [-0.05, 0) is 48.8 Å². The van der Waals surface area contributed by atoms with Crippen molar-refractivity contribution in [3.05, 3.63) is 58.7 Å². The second kappa shape index (κ2) is 8.59. The molecule has 3 aliphatic rings. The predicted octanol–water partition coefficient (Wildman–Crippen LogP) is 3.97. The Morgan fingerprint density at radius 1 is 1.21 bits per heavy atom. The van der Waals surface area contributed by atoms with Crippen LogP contribution >= 0.6 is 23.8 Å². The number of nitrogens with zero attached hydrogens (tertiary/aromatic N) is 2. The van der Waals surface area contributed by atoms with E-state index in [1.54, 1.807) is 30.4 Å². The number of carbonyl (C=O) groups excluding carboxylic acids is 2. The minimum atomic E-state index is -0.514. The number of nitrogens with one attached hydrogen (secondary N) is 1. The highest BCUT2D eigenvalue weighted by atomic mass is 35.5. The van der Waals surface area contributed by atoms with Crippen molar-refractivity contribution in [2.24, 2.45) is 10.9 Å². The van der Waals surface area contributed by atoms with Crippen LogP contribution in [0.25, 0.3) is 0 Å². The molecule has 1 aliphatic heterocycles. The van der Waals surface area contributed by atoms with Crippen molar-refractivity contribution >= 4 is 46.5 Å². The zero-order chi connectivity index (χ0) is 20.4. The molecule has 1 N–H and O–H groups in total. The van der Waals surface area contributed by atoms with E-state index in [0.717, 1.165) is 31.2 Å². The number of rotatable bonds is 4. The molecule has 1 atom stereocenters. The van der Waals surface area contributed by atoms with Crippen LogP contribution < -0.4 is 5.32 Å². The van der Waals surface area contributed by atoms with Gasteiger partial charge in [0.05, 0.1) is 18.2 Å². The average Bonchev–Trinajstić information content (AvgIpc) is 2.73. The molecule has 7 heteroatoms. The second-order valence-corrected chi connectivity index (χ2v) is 8.42. The molecule has 1 fully saturated rings. The number of fused-ring (bicyclic) bond motifs is 1. The lowest BCUT2D eigenvalue weighted by atomic mass is 9.91. The molecule has 0 aromatic heterocycles. The molecule has 1 aromatic rings. The van der Waals surface area contributed by atoms with Crippen LogP contribution in [0.3, 0.4) is 0 Å². The quantitative estimate of drug-likeness (QED) is 0.739. The summed E-state index contributed by atoms with van der Waals surface area (Å²) in [6.07, 6.45) is 10.7. The molecule has 1 saturated carbocycles. The van der Waals surface area contributed by atoms with E-state index in [2.05, 4.69) is 10.3 Å². The number of halogens is 1. The summed E-state index contributed by atoms with van der Waals surface area (Å²) in [5, 5.41) is 3.96. The van der Waals surface area contributed by atoms with Gasteiger partial charge >= 0.3 is 0 Å². The maximum absolute atomic E-state index is 13.0. The summed E-state index contributed by atoms with van der Waals surface area (Å²) < 4.78 is 0. The zero-order valence-electron chi connectivity index (χ0n) is 15.9. The molecule has 1 unspecified atom stereocenters. The first-order chi connectivity index (χ1) is 14.0. The van der Waals surface area contributed by atoms with Crippen molar-refractivity contribution in [1.29, 1.82) is 0 Å². The van der Waals surface area contributed by atoms with Gasteiger partial charge in [-0.3, -0.25) is 14.5 Å². The Bertz CT molecular complexity index is 930. The molecular formula is C22H22ClN3O2S. The number of carbonyl (C=O) groups is 2. The van der Waals surface area contributed by atoms with Gasteiger partial charge in [0.2, 0.25) is 11.0 Å². The Morgan fingerprint density at radius 3 is 2.66 bits per heavy atom. The van der Waals surface area contributed by atoms with E-state index in [-0.39, 0.29) is 23.0 Å². The Kier molecular flexibility index (Phi) is 5.92. The molecule has 5 nitrogen and oxygen atoms in total. The summed E-state index contributed by atoms with van der Waals surface area (Å²) in [4.78, 5) is 31.5. The third-order valence-corrected chi connectivity index (χ3v) is 6.10. The van der Waals surface area contributed by atoms with Crippen LogP contribution in [0.5, 0.6) is 0 Å². The van der Waals surface area contributed by atoms with Crippen LogP contribution in [0.2, 0.25) is 5.02 Å². The summed E-state index contributed by atoms with van der Waals surface area (Å²) in [6.45, 7) is 0.342. The van der Waals surface area contributed by atoms with Crippen molar-refractivity contribution < 1.29 is 9.59 Å². The zero-order valence-corrected chi connectivity index (χ0v) is 17.5. The smallest absolute Gasteiger partial charge is 0.251 e. The van der Waals surface area contributed by atoms with Crippen LogP contribution in [0.4, 0.5) is 0 Å². The molecule has 0 spiro atoms. The van der Waals surface area contributed by atoms with E-state index in [1.807, 2.05) is 12.1 Å². The SMILES string of the molecule is O=C(NC1CCCCC1)C1=CC2=NC(=S)N(Cc3ccc(Cl)cc3)C(=O)C2C=C1. The van der Waals surface area contributed by atoms with Crippen LogP contribution in [0.15, 0.2) is 53.1 Å². The molecule has 2 aliphatic carbocycles. The fourth-order valence-corrected chi connectivity index (χ4v) is 4.30. The van der Waals surface area contributed by atoms with Gasteiger partial charge in [-0.1, -0.05) is 55.1 Å². The lowest BCUT2D eigenvalue weighted by Gasteiger charge is -2.31. The predicted molar refractivity (Wildman–Crippen MR) is 118 cm³/mol. The molecular weight excluding hydrogens is 406 g/mol. The van der Waals surface area contributed by atoms with Gasteiger partial charge in [0.15, 0.2) is 0 Å². The first-order valence-corrected chi connectivity index (χ1v) is 10.7. The number of hydrogen-bond donors (Lipinski definition) is 1. The normalized spacial score (nSPS) is 22.1. The average molecular weight is 428 g/mol. The first kappa shape index (κ1) is 20.0. The number of benzene rings is 1. The van der Waals surface area contributed by atoms with Gasteiger partial charge in [0.1, 0.15) is 0 Å². The summed E-state index contributed by atoms with van der Waals surface area (Å²) in [7, 11) is 0. The van der Waals surface area contributed by atoms with E-state index >= 15 is 0 Å². The number of hydrogen-bond acceptors (Lipinski definition) is 3. The number of aliphatic imine (C=N–C) groups is 1. The second-order valence-electron chi connectivity index (χ2n) is 7.61. The van der Waals surface area contributed by atoms with Crippen molar-refractivity contribution in [3.63, 3.8) is 0 Å². The largest absolute Gasteiger partial charge is 0.349 e. The molecule has 4 rings (SSSR count). The van der Waals surface area contributed by atoms with Crippen LogP contribution in [0.1, 0.15) is 37.7 Å². The fraction of sp³-hybridized carbons (Fsp3) is 0.364. The topological polar surface area (TPSA) is 61.8 Å². The molecule has 1 aromatic carbocycles. The summed E-state index contributed by atoms with van der Waals surface area (Å²) in [6, 6.07) is 7.52. The Labute approximate surface area is 180 Å². The Morgan fingerprint density at radius 2 is 1.93 bits per heavy atom. The van der Waals surface area contributed by atoms with Gasteiger partial charge < -0.3 is 5.32 Å². The van der Waals surface area contributed by atoms with Gasteiger partial charge in [0, 0.05) is 16.6 Å². The van der Waals surface area contributed by atoms with Crippen LogP contribution in [-0.2, 0) is 16.1 Å². The Hall–Kier alpha value is -2.31. The third kappa shape index (κ3) is 4.49. The highest BCUT2D eigenvalue weighted by molar-refractivity contribution is 7.80. The van der Waals surface area contributed by atoms with Crippen molar-refractivity contribution in [3.8, 4) is 0 Å². The monoisotopic (exact) mass is 427 g/mol. The van der Waals surface area contributed by atoms with Gasteiger partial charge in [0.25, 0.3) is 5.91 Å². The number of allylic oxidation sites excluding steroid dienone is 1. The van der Waals surface area contributed by atoms with Crippen molar-refractivity contribution in [2.45, 2.75) is 44.7 Å². The van der Waals surface area contributed by atoms with E-state index in [0.29, 0.717) is 22.9 Å². The van der Waals surface area contributed by atoms with Crippen molar-refractivity contribution in [1.82, 2.24) is 10.2 Å². The number of thiocarbonyl (C=S) groups is 1. The molecule has 0 radical (unpaired) electrons. The lowest BCUT2D eigenvalue weighted by Crippen LogP contribution is -2.46. The molecule has 29 heavy (non-hydrogen) atoms.